The lowest BCUT2D eigenvalue weighted by Gasteiger charge is -2.24. The standard InChI is InChI=1S/C27H26ClF3N6O3/c1-15-8-10-37(35-15)21-13-18(28)6-7-19(21)23(27(29,30)31)40-25-24-34-14-22(36(24)11-9-33-25)17-4-2-16(3-5-17)12-20(32)26(38)39/h4,6-11,13-14,16,20,23H,2-3,5,12,32H2,1H3,(H,38,39)/t16?,20-,23+/m0/s1. The lowest BCUT2D eigenvalue weighted by atomic mass is 9.84. The van der Waals surface area contributed by atoms with E-state index in [1.807, 2.05) is 6.08 Å². The van der Waals surface area contributed by atoms with E-state index in [4.69, 9.17) is 27.2 Å². The number of carboxylic acid groups (broad SMARTS) is 1. The minimum Gasteiger partial charge on any atom is -0.480 e. The van der Waals surface area contributed by atoms with Gasteiger partial charge >= 0.3 is 12.1 Å². The second-order valence-electron chi connectivity index (χ2n) is 9.76. The highest BCUT2D eigenvalue weighted by Crippen LogP contribution is 2.41. The van der Waals surface area contributed by atoms with Crippen LogP contribution in [-0.2, 0) is 4.79 Å². The molecule has 9 nitrogen and oxygen atoms in total. The van der Waals surface area contributed by atoms with Crippen molar-refractivity contribution in [2.45, 2.75) is 50.9 Å². The molecule has 0 spiro atoms. The minimum atomic E-state index is -4.80. The van der Waals surface area contributed by atoms with Crippen LogP contribution in [0.4, 0.5) is 13.2 Å². The topological polar surface area (TPSA) is 121 Å². The predicted octanol–water partition coefficient (Wildman–Crippen LogP) is 5.54. The maximum atomic E-state index is 14.5. The van der Waals surface area contributed by atoms with E-state index in [0.29, 0.717) is 30.7 Å². The van der Waals surface area contributed by atoms with Gasteiger partial charge in [-0.15, -0.1) is 0 Å². The number of halogens is 4. The molecule has 40 heavy (non-hydrogen) atoms. The van der Waals surface area contributed by atoms with Crippen LogP contribution in [0.5, 0.6) is 5.88 Å². The van der Waals surface area contributed by atoms with Gasteiger partial charge in [-0.1, -0.05) is 23.7 Å². The number of alkyl halides is 3. The summed E-state index contributed by atoms with van der Waals surface area (Å²) in [6, 6.07) is 4.79. The Morgan fingerprint density at radius 3 is 2.73 bits per heavy atom. The third kappa shape index (κ3) is 5.68. The number of imidazole rings is 1. The summed E-state index contributed by atoms with van der Waals surface area (Å²) in [4.78, 5) is 19.5. The normalized spacial score (nSPS) is 17.4. The highest BCUT2D eigenvalue weighted by atomic mass is 35.5. The molecule has 0 saturated carbocycles. The molecule has 1 unspecified atom stereocenters. The monoisotopic (exact) mass is 574 g/mol. The Morgan fingerprint density at radius 1 is 1.27 bits per heavy atom. The number of fused-ring (bicyclic) bond motifs is 1. The molecule has 0 fully saturated rings. The number of rotatable bonds is 8. The van der Waals surface area contributed by atoms with Gasteiger partial charge in [0.25, 0.3) is 5.88 Å². The average molecular weight is 575 g/mol. The summed E-state index contributed by atoms with van der Waals surface area (Å²) in [6.07, 6.45) is 3.30. The number of aryl methyl sites for hydroxylation is 1. The fourth-order valence-electron chi connectivity index (χ4n) is 4.92. The number of hydrogen-bond donors (Lipinski definition) is 2. The molecule has 3 heterocycles. The van der Waals surface area contributed by atoms with E-state index in [0.717, 1.165) is 12.0 Å². The van der Waals surface area contributed by atoms with Crippen LogP contribution >= 0.6 is 11.6 Å². The number of hydrogen-bond acceptors (Lipinski definition) is 6. The second-order valence-corrected chi connectivity index (χ2v) is 10.2. The molecule has 4 aromatic rings. The van der Waals surface area contributed by atoms with E-state index in [1.54, 1.807) is 36.0 Å². The van der Waals surface area contributed by atoms with Crippen molar-refractivity contribution in [3.05, 3.63) is 77.1 Å². The van der Waals surface area contributed by atoms with Gasteiger partial charge in [0.05, 0.1) is 23.3 Å². The van der Waals surface area contributed by atoms with Gasteiger partial charge in [0.15, 0.2) is 0 Å². The van der Waals surface area contributed by atoms with Crippen LogP contribution in [0.3, 0.4) is 0 Å². The Bertz CT molecular complexity index is 1580. The molecule has 0 amide bonds. The molecule has 0 saturated heterocycles. The molecule has 0 bridgehead atoms. The number of nitrogens with two attached hydrogens (primary N) is 1. The molecule has 3 atom stereocenters. The van der Waals surface area contributed by atoms with E-state index < -0.39 is 24.3 Å². The number of aliphatic carboxylic acids is 1. The van der Waals surface area contributed by atoms with Gasteiger partial charge in [-0.3, -0.25) is 9.20 Å². The van der Waals surface area contributed by atoms with Crippen molar-refractivity contribution in [3.8, 4) is 11.6 Å². The lowest BCUT2D eigenvalue weighted by Crippen LogP contribution is -2.32. The molecule has 0 aliphatic heterocycles. The first-order valence-electron chi connectivity index (χ1n) is 12.6. The van der Waals surface area contributed by atoms with E-state index in [2.05, 4.69) is 15.1 Å². The van der Waals surface area contributed by atoms with Crippen LogP contribution < -0.4 is 10.5 Å². The third-order valence-corrected chi connectivity index (χ3v) is 7.15. The van der Waals surface area contributed by atoms with Crippen molar-refractivity contribution in [2.75, 3.05) is 0 Å². The summed E-state index contributed by atoms with van der Waals surface area (Å²) in [7, 11) is 0. The van der Waals surface area contributed by atoms with E-state index in [1.165, 1.54) is 29.1 Å². The van der Waals surface area contributed by atoms with Crippen molar-refractivity contribution in [1.29, 1.82) is 0 Å². The zero-order valence-corrected chi connectivity index (χ0v) is 22.1. The van der Waals surface area contributed by atoms with Crippen molar-refractivity contribution < 1.29 is 27.8 Å². The number of benzene rings is 1. The molecule has 1 aromatic carbocycles. The van der Waals surface area contributed by atoms with Crippen LogP contribution in [0, 0.1) is 12.8 Å². The van der Waals surface area contributed by atoms with Gasteiger partial charge in [0.2, 0.25) is 11.8 Å². The Kier molecular flexibility index (Phi) is 7.56. The fourth-order valence-corrected chi connectivity index (χ4v) is 5.08. The number of aromatic nitrogens is 5. The zero-order chi connectivity index (χ0) is 28.6. The SMILES string of the molecule is Cc1ccn(-c2cc(Cl)ccc2[C@@H](Oc2nccn3c(C4=CCC(C[C@H](N)C(=O)O)CC4)cnc23)C(F)(F)F)n1. The first kappa shape index (κ1) is 27.7. The first-order valence-corrected chi connectivity index (χ1v) is 12.9. The van der Waals surface area contributed by atoms with E-state index >= 15 is 0 Å². The van der Waals surface area contributed by atoms with Crippen LogP contribution in [0.15, 0.2) is 55.1 Å². The second kappa shape index (κ2) is 10.9. The van der Waals surface area contributed by atoms with Crippen LogP contribution in [0.2, 0.25) is 5.02 Å². The molecule has 1 aliphatic rings. The summed E-state index contributed by atoms with van der Waals surface area (Å²) in [6.45, 7) is 1.73. The number of carboxylic acids is 1. The quantitative estimate of drug-likeness (QED) is 0.283. The minimum absolute atomic E-state index is 0.128. The van der Waals surface area contributed by atoms with Crippen molar-refractivity contribution in [3.63, 3.8) is 0 Å². The highest BCUT2D eigenvalue weighted by Gasteiger charge is 2.45. The van der Waals surface area contributed by atoms with Gasteiger partial charge in [-0.05, 0) is 62.3 Å². The summed E-state index contributed by atoms with van der Waals surface area (Å²) in [5.74, 6) is -1.18. The lowest BCUT2D eigenvalue weighted by molar-refractivity contribution is -0.198. The maximum Gasteiger partial charge on any atom is 0.429 e. The molecule has 3 aromatic heterocycles. The Hall–Kier alpha value is -3.90. The van der Waals surface area contributed by atoms with Crippen molar-refractivity contribution in [1.82, 2.24) is 24.1 Å². The van der Waals surface area contributed by atoms with Gasteiger partial charge in [0, 0.05) is 29.2 Å². The largest absolute Gasteiger partial charge is 0.480 e. The molecular formula is C27H26ClF3N6O3. The molecule has 5 rings (SSSR count). The van der Waals surface area contributed by atoms with E-state index in [9.17, 15) is 18.0 Å². The fraction of sp³-hybridized carbons (Fsp3) is 0.333. The summed E-state index contributed by atoms with van der Waals surface area (Å²) in [5, 5.41) is 13.6. The zero-order valence-electron chi connectivity index (χ0n) is 21.3. The van der Waals surface area contributed by atoms with Crippen LogP contribution in [0.25, 0.3) is 16.9 Å². The maximum absolute atomic E-state index is 14.5. The van der Waals surface area contributed by atoms with Gasteiger partial charge < -0.3 is 15.6 Å². The molecule has 3 N–H and O–H groups in total. The number of ether oxygens (including phenoxy) is 1. The molecule has 210 valence electrons. The van der Waals surface area contributed by atoms with E-state index in [-0.39, 0.29) is 33.7 Å². The third-order valence-electron chi connectivity index (χ3n) is 6.92. The van der Waals surface area contributed by atoms with Gasteiger partial charge in [-0.25, -0.2) is 14.6 Å². The molecule has 0 radical (unpaired) electrons. The Labute approximate surface area is 232 Å². The smallest absolute Gasteiger partial charge is 0.429 e. The summed E-state index contributed by atoms with van der Waals surface area (Å²) < 4.78 is 52.0. The Balaban J connectivity index is 1.47. The summed E-state index contributed by atoms with van der Waals surface area (Å²) in [5.41, 5.74) is 8.04. The highest BCUT2D eigenvalue weighted by molar-refractivity contribution is 6.30. The number of allylic oxidation sites excluding steroid dienone is 2. The van der Waals surface area contributed by atoms with Gasteiger partial charge in [-0.2, -0.15) is 18.3 Å². The summed E-state index contributed by atoms with van der Waals surface area (Å²) >= 11 is 6.13. The molecule has 13 heteroatoms. The average Bonchev–Trinajstić information content (AvgIpc) is 3.54. The molecule has 1 aliphatic carbocycles. The number of carbonyl (C=O) groups is 1. The van der Waals surface area contributed by atoms with Crippen LogP contribution in [0.1, 0.15) is 48.7 Å². The number of nitrogens with zero attached hydrogens (tertiary/aromatic N) is 5. The van der Waals surface area contributed by atoms with Gasteiger partial charge in [0.1, 0.15) is 6.04 Å². The van der Waals surface area contributed by atoms with Crippen molar-refractivity contribution in [2.24, 2.45) is 11.7 Å². The van der Waals surface area contributed by atoms with Crippen LogP contribution in [-0.4, -0.2) is 47.4 Å². The molecular weight excluding hydrogens is 549 g/mol. The van der Waals surface area contributed by atoms with Crippen molar-refractivity contribution >= 4 is 28.8 Å². The Morgan fingerprint density at radius 2 is 2.08 bits per heavy atom. The first-order chi connectivity index (χ1) is 19.0. The predicted molar refractivity (Wildman–Crippen MR) is 141 cm³/mol.